The lowest BCUT2D eigenvalue weighted by molar-refractivity contribution is -0.156. The number of fused-ring (bicyclic) bond motifs is 3. The summed E-state index contributed by atoms with van der Waals surface area (Å²) < 4.78 is 5.58. The SMILES string of the molecule is CC#CCC(NC(=O)OCC1c2ccccc2-c2ccccc21)C(=O)N1CCC[C@@]1(C)C(=O)O. The number of benzene rings is 2. The molecule has 1 aliphatic heterocycles. The van der Waals surface area contributed by atoms with Gasteiger partial charge in [-0.2, -0.15) is 0 Å². The van der Waals surface area contributed by atoms with Crippen molar-refractivity contribution in [1.82, 2.24) is 10.2 Å². The number of carboxylic acid groups (broad SMARTS) is 1. The fourth-order valence-electron chi connectivity index (χ4n) is 4.91. The molecule has 0 aromatic heterocycles. The molecule has 0 bridgehead atoms. The van der Waals surface area contributed by atoms with E-state index < -0.39 is 29.6 Å². The van der Waals surface area contributed by atoms with Crippen LogP contribution in [0, 0.1) is 11.8 Å². The summed E-state index contributed by atoms with van der Waals surface area (Å²) in [5.74, 6) is 3.94. The Morgan fingerprint density at radius 1 is 1.15 bits per heavy atom. The lowest BCUT2D eigenvalue weighted by atomic mass is 9.98. The quantitative estimate of drug-likeness (QED) is 0.640. The maximum absolute atomic E-state index is 13.2. The number of carbonyl (C=O) groups is 3. The number of aliphatic carboxylic acids is 1. The van der Waals surface area contributed by atoms with Crippen LogP contribution in [0.1, 0.15) is 50.2 Å². The predicted octanol–water partition coefficient (Wildman–Crippen LogP) is 3.77. The molecule has 0 spiro atoms. The van der Waals surface area contributed by atoms with Crippen LogP contribution in [0.3, 0.4) is 0 Å². The monoisotopic (exact) mass is 460 g/mol. The number of ether oxygens (including phenoxy) is 1. The smallest absolute Gasteiger partial charge is 0.407 e. The van der Waals surface area contributed by atoms with Gasteiger partial charge in [-0.15, -0.1) is 11.8 Å². The van der Waals surface area contributed by atoms with E-state index in [0.717, 1.165) is 22.3 Å². The summed E-state index contributed by atoms with van der Waals surface area (Å²) in [6.45, 7) is 3.63. The normalized spacial score (nSPS) is 19.4. The minimum Gasteiger partial charge on any atom is -0.480 e. The Morgan fingerprint density at radius 3 is 2.35 bits per heavy atom. The Labute approximate surface area is 199 Å². The van der Waals surface area contributed by atoms with Crippen LogP contribution in [-0.2, 0) is 14.3 Å². The largest absolute Gasteiger partial charge is 0.480 e. The first-order valence-corrected chi connectivity index (χ1v) is 11.4. The molecule has 1 heterocycles. The second kappa shape index (κ2) is 9.60. The predicted molar refractivity (Wildman–Crippen MR) is 127 cm³/mol. The molecule has 2 N–H and O–H groups in total. The van der Waals surface area contributed by atoms with Crippen molar-refractivity contribution in [2.24, 2.45) is 0 Å². The van der Waals surface area contributed by atoms with Crippen LogP contribution in [0.25, 0.3) is 11.1 Å². The Hall–Kier alpha value is -3.79. The summed E-state index contributed by atoms with van der Waals surface area (Å²) in [5, 5.41) is 12.3. The van der Waals surface area contributed by atoms with Crippen LogP contribution in [0.4, 0.5) is 4.79 Å². The summed E-state index contributed by atoms with van der Waals surface area (Å²) in [5.41, 5.74) is 3.14. The average Bonchev–Trinajstić information content (AvgIpc) is 3.39. The van der Waals surface area contributed by atoms with Crippen LogP contribution in [0.15, 0.2) is 48.5 Å². The van der Waals surface area contributed by atoms with Crippen LogP contribution >= 0.6 is 0 Å². The number of nitrogens with one attached hydrogen (secondary N) is 1. The van der Waals surface area contributed by atoms with E-state index in [0.29, 0.717) is 19.4 Å². The van der Waals surface area contributed by atoms with E-state index in [-0.39, 0.29) is 18.9 Å². The summed E-state index contributed by atoms with van der Waals surface area (Å²) in [7, 11) is 0. The number of hydrogen-bond donors (Lipinski definition) is 2. The molecule has 0 saturated carbocycles. The second-order valence-corrected chi connectivity index (χ2v) is 8.83. The molecule has 176 valence electrons. The Morgan fingerprint density at radius 2 is 1.76 bits per heavy atom. The maximum atomic E-state index is 13.2. The summed E-state index contributed by atoms with van der Waals surface area (Å²) in [6.07, 6.45) is 0.303. The summed E-state index contributed by atoms with van der Waals surface area (Å²) in [4.78, 5) is 39.1. The molecule has 2 atom stereocenters. The van der Waals surface area contributed by atoms with Gasteiger partial charge in [0.2, 0.25) is 5.91 Å². The van der Waals surface area contributed by atoms with E-state index in [2.05, 4.69) is 29.3 Å². The minimum atomic E-state index is -1.29. The number of hydrogen-bond acceptors (Lipinski definition) is 4. The van der Waals surface area contributed by atoms with Crippen molar-refractivity contribution in [3.05, 3.63) is 59.7 Å². The fraction of sp³-hybridized carbons (Fsp3) is 0.370. The minimum absolute atomic E-state index is 0.0751. The highest BCUT2D eigenvalue weighted by Gasteiger charge is 2.47. The Balaban J connectivity index is 1.47. The number of carboxylic acids is 1. The first-order valence-electron chi connectivity index (χ1n) is 11.4. The van der Waals surface area contributed by atoms with E-state index in [1.54, 1.807) is 6.92 Å². The molecule has 0 radical (unpaired) electrons. The maximum Gasteiger partial charge on any atom is 0.407 e. The van der Waals surface area contributed by atoms with E-state index in [4.69, 9.17) is 4.74 Å². The average molecular weight is 461 g/mol. The van der Waals surface area contributed by atoms with Crippen LogP contribution in [0.5, 0.6) is 0 Å². The molecule has 4 rings (SSSR count). The van der Waals surface area contributed by atoms with Crippen LogP contribution in [0.2, 0.25) is 0 Å². The van der Waals surface area contributed by atoms with Gasteiger partial charge >= 0.3 is 12.1 Å². The zero-order valence-corrected chi connectivity index (χ0v) is 19.3. The van der Waals surface area contributed by atoms with Gasteiger partial charge in [0.25, 0.3) is 0 Å². The number of rotatable bonds is 6. The number of nitrogens with zero attached hydrogens (tertiary/aromatic N) is 1. The number of carbonyl (C=O) groups excluding carboxylic acids is 2. The third-order valence-corrected chi connectivity index (χ3v) is 6.78. The van der Waals surface area contributed by atoms with Crippen molar-refractivity contribution >= 4 is 18.0 Å². The molecule has 1 saturated heterocycles. The molecule has 2 amide bonds. The van der Waals surface area contributed by atoms with Gasteiger partial charge in [-0.1, -0.05) is 48.5 Å². The number of alkyl carbamates (subject to hydrolysis) is 1. The molecular formula is C27H28N2O5. The topological polar surface area (TPSA) is 95.9 Å². The van der Waals surface area contributed by atoms with Crippen LogP contribution < -0.4 is 5.32 Å². The lowest BCUT2D eigenvalue weighted by Gasteiger charge is -2.33. The summed E-state index contributed by atoms with van der Waals surface area (Å²) >= 11 is 0. The van der Waals surface area contributed by atoms with Crippen LogP contribution in [-0.4, -0.2) is 52.7 Å². The van der Waals surface area contributed by atoms with Gasteiger partial charge in [-0.3, -0.25) is 4.79 Å². The second-order valence-electron chi connectivity index (χ2n) is 8.83. The van der Waals surface area contributed by atoms with Crippen molar-refractivity contribution in [2.75, 3.05) is 13.2 Å². The lowest BCUT2D eigenvalue weighted by Crippen LogP contribution is -2.57. The van der Waals surface area contributed by atoms with Gasteiger partial charge in [-0.25, -0.2) is 9.59 Å². The number of likely N-dealkylation sites (tertiary alicyclic amines) is 1. The van der Waals surface area contributed by atoms with E-state index in [1.165, 1.54) is 11.8 Å². The number of amides is 2. The highest BCUT2D eigenvalue weighted by Crippen LogP contribution is 2.44. The molecule has 1 fully saturated rings. The fourth-order valence-corrected chi connectivity index (χ4v) is 4.91. The molecule has 1 unspecified atom stereocenters. The van der Waals surface area contributed by atoms with E-state index in [9.17, 15) is 19.5 Å². The highest BCUT2D eigenvalue weighted by molar-refractivity contribution is 5.92. The zero-order valence-electron chi connectivity index (χ0n) is 19.3. The third-order valence-electron chi connectivity index (χ3n) is 6.78. The van der Waals surface area contributed by atoms with Gasteiger partial charge in [0, 0.05) is 18.9 Å². The summed E-state index contributed by atoms with van der Waals surface area (Å²) in [6, 6.07) is 15.1. The van der Waals surface area contributed by atoms with Crippen molar-refractivity contribution in [2.45, 2.75) is 50.6 Å². The first kappa shape index (κ1) is 23.4. The molecule has 2 aromatic rings. The molecule has 1 aliphatic carbocycles. The Kier molecular flexibility index (Phi) is 6.60. The van der Waals surface area contributed by atoms with Gasteiger partial charge in [0.15, 0.2) is 0 Å². The molecule has 7 nitrogen and oxygen atoms in total. The first-order chi connectivity index (χ1) is 16.4. The molecule has 34 heavy (non-hydrogen) atoms. The van der Waals surface area contributed by atoms with Crippen molar-refractivity contribution < 1.29 is 24.2 Å². The van der Waals surface area contributed by atoms with Crippen molar-refractivity contribution in [3.63, 3.8) is 0 Å². The van der Waals surface area contributed by atoms with Crippen molar-refractivity contribution in [3.8, 4) is 23.0 Å². The van der Waals surface area contributed by atoms with E-state index in [1.807, 2.05) is 36.4 Å². The van der Waals surface area contributed by atoms with E-state index >= 15 is 0 Å². The van der Waals surface area contributed by atoms with Gasteiger partial charge in [0.1, 0.15) is 18.2 Å². The van der Waals surface area contributed by atoms with Gasteiger partial charge in [0.05, 0.1) is 0 Å². The van der Waals surface area contributed by atoms with Gasteiger partial charge < -0.3 is 20.1 Å². The third kappa shape index (κ3) is 4.24. The Bertz CT molecular complexity index is 1140. The van der Waals surface area contributed by atoms with Crippen molar-refractivity contribution in [1.29, 1.82) is 0 Å². The molecule has 7 heteroatoms. The zero-order chi connectivity index (χ0) is 24.3. The highest BCUT2D eigenvalue weighted by atomic mass is 16.5. The molecule has 2 aromatic carbocycles. The molecule has 2 aliphatic rings. The standard InChI is InChI=1S/C27H28N2O5/c1-3-4-14-23(24(30)29-16-9-15-27(29,2)25(31)32)28-26(33)34-17-22-20-12-7-5-10-18(20)19-11-6-8-13-21(19)22/h5-8,10-13,22-23H,9,14-17H2,1-2H3,(H,28,33)(H,31,32)/t23?,27-/m0/s1. The molecular weight excluding hydrogens is 432 g/mol. The van der Waals surface area contributed by atoms with Gasteiger partial charge in [-0.05, 0) is 48.9 Å².